The lowest BCUT2D eigenvalue weighted by Gasteiger charge is -2.38. The van der Waals surface area contributed by atoms with E-state index in [4.69, 9.17) is 10.9 Å². The number of oxime groups is 1. The zero-order valence-corrected chi connectivity index (χ0v) is 10.6. The average Bonchev–Trinajstić information content (AvgIpc) is 2.33. The van der Waals surface area contributed by atoms with Crippen LogP contribution in [0.15, 0.2) is 23.4 Å². The third-order valence-corrected chi connectivity index (χ3v) is 3.76. The summed E-state index contributed by atoms with van der Waals surface area (Å²) in [7, 11) is 0. The number of carbonyl (C=O) groups excluding carboxylic acids is 1. The number of amides is 1. The van der Waals surface area contributed by atoms with Crippen molar-refractivity contribution in [1.29, 1.82) is 0 Å². The van der Waals surface area contributed by atoms with Gasteiger partial charge in [-0.15, -0.1) is 0 Å². The normalized spacial score (nSPS) is 17.7. The Morgan fingerprint density at radius 1 is 1.53 bits per heavy atom. The lowest BCUT2D eigenvalue weighted by Crippen LogP contribution is -2.51. The Morgan fingerprint density at radius 2 is 2.21 bits per heavy atom. The molecule has 0 bridgehead atoms. The molecule has 1 fully saturated rings. The highest BCUT2D eigenvalue weighted by atomic mass is 19.1. The van der Waals surface area contributed by atoms with E-state index in [1.807, 2.05) is 0 Å². The van der Waals surface area contributed by atoms with Crippen LogP contribution in [0.4, 0.5) is 10.1 Å². The maximum Gasteiger partial charge on any atom is 0.238 e. The van der Waals surface area contributed by atoms with Gasteiger partial charge in [0.2, 0.25) is 5.91 Å². The van der Waals surface area contributed by atoms with E-state index in [1.165, 1.54) is 12.1 Å². The molecule has 0 aromatic heterocycles. The first-order valence-corrected chi connectivity index (χ1v) is 6.06. The van der Waals surface area contributed by atoms with Crippen molar-refractivity contribution >= 4 is 17.4 Å². The SMILES string of the molecule is Cc1c(F)cccc1NC(=O)C1(/C(N)=N/O)CCC1. The Hall–Kier alpha value is -2.11. The number of hydrogen-bond acceptors (Lipinski definition) is 3. The molecule has 2 rings (SSSR count). The van der Waals surface area contributed by atoms with Crippen molar-refractivity contribution in [3.63, 3.8) is 0 Å². The Balaban J connectivity index is 2.24. The van der Waals surface area contributed by atoms with Crippen LogP contribution in [-0.4, -0.2) is 17.0 Å². The van der Waals surface area contributed by atoms with Crippen LogP contribution in [0.1, 0.15) is 24.8 Å². The van der Waals surface area contributed by atoms with Gasteiger partial charge in [-0.2, -0.15) is 0 Å². The van der Waals surface area contributed by atoms with Gasteiger partial charge in [0.1, 0.15) is 11.2 Å². The van der Waals surface area contributed by atoms with Crippen LogP contribution in [0.2, 0.25) is 0 Å². The third kappa shape index (κ3) is 2.14. The van der Waals surface area contributed by atoms with Crippen molar-refractivity contribution in [1.82, 2.24) is 0 Å². The van der Waals surface area contributed by atoms with Crippen molar-refractivity contribution in [2.45, 2.75) is 26.2 Å². The fourth-order valence-corrected chi connectivity index (χ4v) is 2.21. The minimum Gasteiger partial charge on any atom is -0.409 e. The van der Waals surface area contributed by atoms with Gasteiger partial charge in [-0.1, -0.05) is 17.6 Å². The van der Waals surface area contributed by atoms with Crippen LogP contribution >= 0.6 is 0 Å². The largest absolute Gasteiger partial charge is 0.409 e. The number of nitrogens with one attached hydrogen (secondary N) is 1. The molecule has 0 radical (unpaired) electrons. The van der Waals surface area contributed by atoms with Crippen LogP contribution in [0.25, 0.3) is 0 Å². The summed E-state index contributed by atoms with van der Waals surface area (Å²) in [5.41, 5.74) is 5.41. The quantitative estimate of drug-likeness (QED) is 0.338. The summed E-state index contributed by atoms with van der Waals surface area (Å²) in [5, 5.41) is 14.4. The number of nitrogens with two attached hydrogens (primary N) is 1. The van der Waals surface area contributed by atoms with E-state index >= 15 is 0 Å². The Kier molecular flexibility index (Phi) is 3.42. The molecule has 1 aliphatic rings. The smallest absolute Gasteiger partial charge is 0.238 e. The second-order valence-electron chi connectivity index (χ2n) is 4.79. The molecule has 1 aromatic carbocycles. The van der Waals surface area contributed by atoms with Gasteiger partial charge < -0.3 is 16.3 Å². The van der Waals surface area contributed by atoms with Gasteiger partial charge in [-0.25, -0.2) is 4.39 Å². The van der Waals surface area contributed by atoms with Crippen LogP contribution in [-0.2, 0) is 4.79 Å². The molecule has 1 amide bonds. The molecular weight excluding hydrogens is 249 g/mol. The van der Waals surface area contributed by atoms with E-state index < -0.39 is 5.41 Å². The zero-order chi connectivity index (χ0) is 14.0. The van der Waals surface area contributed by atoms with Gasteiger partial charge in [-0.05, 0) is 31.9 Å². The Morgan fingerprint density at radius 3 is 2.74 bits per heavy atom. The standard InChI is InChI=1S/C13H16FN3O2/c1-8-9(14)4-2-5-10(8)16-12(18)13(6-3-7-13)11(15)17-19/h2,4-5,19H,3,6-7H2,1H3,(H2,15,17)(H,16,18). The van der Waals surface area contributed by atoms with Crippen molar-refractivity contribution in [2.75, 3.05) is 5.32 Å². The van der Waals surface area contributed by atoms with Crippen molar-refractivity contribution in [2.24, 2.45) is 16.3 Å². The van der Waals surface area contributed by atoms with Crippen LogP contribution in [0.3, 0.4) is 0 Å². The second kappa shape index (κ2) is 4.87. The summed E-state index contributed by atoms with van der Waals surface area (Å²) in [6.07, 6.45) is 1.90. The fraction of sp³-hybridized carbons (Fsp3) is 0.385. The zero-order valence-electron chi connectivity index (χ0n) is 10.6. The number of carbonyl (C=O) groups is 1. The first-order valence-electron chi connectivity index (χ1n) is 6.06. The second-order valence-corrected chi connectivity index (χ2v) is 4.79. The summed E-state index contributed by atoms with van der Waals surface area (Å²) in [5.74, 6) is -0.836. The predicted octanol–water partition coefficient (Wildman–Crippen LogP) is 1.99. The van der Waals surface area contributed by atoms with E-state index in [-0.39, 0.29) is 17.6 Å². The van der Waals surface area contributed by atoms with Gasteiger partial charge in [0.15, 0.2) is 5.84 Å². The summed E-state index contributed by atoms with van der Waals surface area (Å²) < 4.78 is 13.4. The first-order chi connectivity index (χ1) is 9.01. The molecule has 0 atom stereocenters. The van der Waals surface area contributed by atoms with E-state index in [9.17, 15) is 9.18 Å². The summed E-state index contributed by atoms with van der Waals surface area (Å²) in [6.45, 7) is 1.59. The molecule has 4 N–H and O–H groups in total. The van der Waals surface area contributed by atoms with Gasteiger partial charge >= 0.3 is 0 Å². The molecule has 6 heteroatoms. The molecule has 0 unspecified atom stereocenters. The summed E-state index contributed by atoms with van der Waals surface area (Å²) in [6, 6.07) is 4.47. The maximum atomic E-state index is 13.4. The third-order valence-electron chi connectivity index (χ3n) is 3.76. The fourth-order valence-electron chi connectivity index (χ4n) is 2.21. The number of amidine groups is 1. The summed E-state index contributed by atoms with van der Waals surface area (Å²) in [4.78, 5) is 12.3. The number of nitrogens with zero attached hydrogens (tertiary/aromatic N) is 1. The highest BCUT2D eigenvalue weighted by molar-refractivity contribution is 6.12. The number of hydrogen-bond donors (Lipinski definition) is 3. The first kappa shape index (κ1) is 13.3. The van der Waals surface area contributed by atoms with Gasteiger partial charge in [-0.3, -0.25) is 4.79 Å². The lowest BCUT2D eigenvalue weighted by atomic mass is 9.67. The van der Waals surface area contributed by atoms with E-state index in [0.29, 0.717) is 24.1 Å². The van der Waals surface area contributed by atoms with E-state index in [1.54, 1.807) is 13.0 Å². The molecule has 1 saturated carbocycles. The Labute approximate surface area is 110 Å². The monoisotopic (exact) mass is 265 g/mol. The van der Waals surface area contributed by atoms with Gasteiger partial charge in [0.05, 0.1) is 0 Å². The molecule has 5 nitrogen and oxygen atoms in total. The highest BCUT2D eigenvalue weighted by Gasteiger charge is 2.48. The maximum absolute atomic E-state index is 13.4. The van der Waals surface area contributed by atoms with Crippen molar-refractivity contribution < 1.29 is 14.4 Å². The highest BCUT2D eigenvalue weighted by Crippen LogP contribution is 2.42. The molecule has 0 heterocycles. The number of anilines is 1. The predicted molar refractivity (Wildman–Crippen MR) is 69.5 cm³/mol. The molecule has 1 aromatic rings. The molecular formula is C13H16FN3O2. The molecule has 1 aliphatic carbocycles. The molecule has 102 valence electrons. The molecule has 0 aliphatic heterocycles. The van der Waals surface area contributed by atoms with E-state index in [2.05, 4.69) is 10.5 Å². The van der Waals surface area contributed by atoms with Gasteiger partial charge in [0, 0.05) is 11.3 Å². The van der Waals surface area contributed by atoms with E-state index in [0.717, 1.165) is 6.42 Å². The van der Waals surface area contributed by atoms with Gasteiger partial charge in [0.25, 0.3) is 0 Å². The Bertz CT molecular complexity index is 539. The number of benzene rings is 1. The topological polar surface area (TPSA) is 87.7 Å². The van der Waals surface area contributed by atoms with Crippen molar-refractivity contribution in [3.05, 3.63) is 29.6 Å². The number of rotatable bonds is 3. The average molecular weight is 265 g/mol. The number of halogens is 1. The van der Waals surface area contributed by atoms with Crippen LogP contribution in [0.5, 0.6) is 0 Å². The summed E-state index contributed by atoms with van der Waals surface area (Å²) >= 11 is 0. The minimum atomic E-state index is -0.965. The van der Waals surface area contributed by atoms with Crippen molar-refractivity contribution in [3.8, 4) is 0 Å². The molecule has 0 saturated heterocycles. The van der Waals surface area contributed by atoms with Crippen LogP contribution in [0, 0.1) is 18.2 Å². The van der Waals surface area contributed by atoms with Crippen LogP contribution < -0.4 is 11.1 Å². The lowest BCUT2D eigenvalue weighted by molar-refractivity contribution is -0.125. The molecule has 19 heavy (non-hydrogen) atoms. The minimum absolute atomic E-state index is 0.0923. The molecule has 0 spiro atoms.